The summed E-state index contributed by atoms with van der Waals surface area (Å²) in [6, 6.07) is 13.8. The molecule has 1 N–H and O–H groups in total. The van der Waals surface area contributed by atoms with Crippen molar-refractivity contribution in [1.82, 2.24) is 0 Å². The lowest BCUT2D eigenvalue weighted by molar-refractivity contribution is -0.138. The quantitative estimate of drug-likeness (QED) is 0.816. The molecule has 0 aliphatic rings. The molecule has 5 heteroatoms. The van der Waals surface area contributed by atoms with Gasteiger partial charge < -0.3 is 5.11 Å². The molecule has 23 heavy (non-hydrogen) atoms. The van der Waals surface area contributed by atoms with Gasteiger partial charge in [0.05, 0.1) is 5.56 Å². The molecular formula is C18H15F3O2. The van der Waals surface area contributed by atoms with Gasteiger partial charge in [-0.15, -0.1) is 0 Å². The number of hydrogen-bond donors (Lipinski definition) is 1. The van der Waals surface area contributed by atoms with Crippen molar-refractivity contribution in [2.75, 3.05) is 0 Å². The first-order chi connectivity index (χ1) is 10.8. The van der Waals surface area contributed by atoms with E-state index >= 15 is 0 Å². The molecule has 1 atom stereocenters. The largest absolute Gasteiger partial charge is 0.478 e. The first-order valence-corrected chi connectivity index (χ1v) is 6.93. The molecule has 2 nitrogen and oxygen atoms in total. The van der Waals surface area contributed by atoms with Gasteiger partial charge in [0.25, 0.3) is 0 Å². The fourth-order valence-corrected chi connectivity index (χ4v) is 2.37. The topological polar surface area (TPSA) is 37.3 Å². The van der Waals surface area contributed by atoms with Crippen LogP contribution in [0.5, 0.6) is 0 Å². The van der Waals surface area contributed by atoms with Crippen LogP contribution >= 0.6 is 0 Å². The highest BCUT2D eigenvalue weighted by atomic mass is 19.4. The van der Waals surface area contributed by atoms with Crippen LogP contribution in [0.3, 0.4) is 0 Å². The molecule has 0 aromatic heterocycles. The normalized spacial score (nSPS) is 13.7. The van der Waals surface area contributed by atoms with Gasteiger partial charge in [-0.2, -0.15) is 13.2 Å². The monoisotopic (exact) mass is 320 g/mol. The highest BCUT2D eigenvalue weighted by Crippen LogP contribution is 2.38. The standard InChI is InChI=1S/C18H15F3O2/c1-12(17(22)23)11-15(13-7-3-2-4-8-13)14-9-5-6-10-16(14)18(19,20)21/h2-11,15H,1H3,(H,22,23). The molecule has 0 saturated carbocycles. The molecule has 2 rings (SSSR count). The van der Waals surface area contributed by atoms with Crippen molar-refractivity contribution >= 4 is 5.97 Å². The zero-order valence-electron chi connectivity index (χ0n) is 12.3. The van der Waals surface area contributed by atoms with Crippen molar-refractivity contribution in [3.63, 3.8) is 0 Å². The molecule has 0 bridgehead atoms. The molecule has 2 aromatic rings. The van der Waals surface area contributed by atoms with Gasteiger partial charge in [0.15, 0.2) is 0 Å². The molecule has 0 aliphatic heterocycles. The highest BCUT2D eigenvalue weighted by Gasteiger charge is 2.35. The first-order valence-electron chi connectivity index (χ1n) is 6.93. The molecule has 0 fully saturated rings. The Morgan fingerprint density at radius 2 is 1.61 bits per heavy atom. The molecular weight excluding hydrogens is 305 g/mol. The fraction of sp³-hybridized carbons (Fsp3) is 0.167. The number of halogens is 3. The van der Waals surface area contributed by atoms with E-state index in [0.29, 0.717) is 5.56 Å². The van der Waals surface area contributed by atoms with E-state index in [-0.39, 0.29) is 11.1 Å². The zero-order valence-corrected chi connectivity index (χ0v) is 12.3. The number of carboxylic acids is 1. The van der Waals surface area contributed by atoms with Crippen LogP contribution in [0.25, 0.3) is 0 Å². The maximum atomic E-state index is 13.3. The summed E-state index contributed by atoms with van der Waals surface area (Å²) in [7, 11) is 0. The van der Waals surface area contributed by atoms with E-state index in [1.807, 2.05) is 0 Å². The molecule has 0 radical (unpaired) electrons. The lowest BCUT2D eigenvalue weighted by atomic mass is 9.86. The number of rotatable bonds is 4. The Hall–Kier alpha value is -2.56. The Kier molecular flexibility index (Phi) is 4.89. The summed E-state index contributed by atoms with van der Waals surface area (Å²) in [5.41, 5.74) is -0.129. The highest BCUT2D eigenvalue weighted by molar-refractivity contribution is 5.86. The van der Waals surface area contributed by atoms with E-state index in [2.05, 4.69) is 0 Å². The van der Waals surface area contributed by atoms with E-state index in [1.54, 1.807) is 30.3 Å². The molecule has 0 saturated heterocycles. The summed E-state index contributed by atoms with van der Waals surface area (Å²) in [4.78, 5) is 11.1. The molecule has 0 heterocycles. The van der Waals surface area contributed by atoms with Crippen LogP contribution < -0.4 is 0 Å². The van der Waals surface area contributed by atoms with Crippen molar-refractivity contribution in [2.45, 2.75) is 19.0 Å². The Morgan fingerprint density at radius 1 is 1.04 bits per heavy atom. The maximum Gasteiger partial charge on any atom is 0.416 e. The van der Waals surface area contributed by atoms with E-state index in [4.69, 9.17) is 5.11 Å². The van der Waals surface area contributed by atoms with Crippen LogP contribution in [0, 0.1) is 0 Å². The fourth-order valence-electron chi connectivity index (χ4n) is 2.37. The molecule has 0 aliphatic carbocycles. The molecule has 0 amide bonds. The average Bonchev–Trinajstić information content (AvgIpc) is 2.52. The Morgan fingerprint density at radius 3 is 2.17 bits per heavy atom. The van der Waals surface area contributed by atoms with Crippen molar-refractivity contribution in [1.29, 1.82) is 0 Å². The van der Waals surface area contributed by atoms with E-state index in [1.165, 1.54) is 31.2 Å². The number of alkyl halides is 3. The summed E-state index contributed by atoms with van der Waals surface area (Å²) in [5.74, 6) is -1.94. The van der Waals surface area contributed by atoms with Gasteiger partial charge in [0.2, 0.25) is 0 Å². The van der Waals surface area contributed by atoms with Crippen LogP contribution in [0.4, 0.5) is 13.2 Å². The smallest absolute Gasteiger partial charge is 0.416 e. The van der Waals surface area contributed by atoms with Crippen LogP contribution in [-0.2, 0) is 11.0 Å². The van der Waals surface area contributed by atoms with Crippen molar-refractivity contribution in [2.24, 2.45) is 0 Å². The van der Waals surface area contributed by atoms with Crippen molar-refractivity contribution < 1.29 is 23.1 Å². The number of hydrogen-bond acceptors (Lipinski definition) is 1. The van der Waals surface area contributed by atoms with Gasteiger partial charge in [-0.1, -0.05) is 54.6 Å². The number of allylic oxidation sites excluding steroid dienone is 1. The van der Waals surface area contributed by atoms with Crippen LogP contribution in [0.1, 0.15) is 29.5 Å². The lowest BCUT2D eigenvalue weighted by Crippen LogP contribution is -2.13. The number of carboxylic acid groups (broad SMARTS) is 1. The minimum absolute atomic E-state index is 0.00386. The summed E-state index contributed by atoms with van der Waals surface area (Å²) in [6.45, 7) is 1.37. The third-order valence-corrected chi connectivity index (χ3v) is 3.51. The summed E-state index contributed by atoms with van der Waals surface area (Å²) >= 11 is 0. The number of aliphatic carboxylic acids is 1. The third kappa shape index (κ3) is 4.00. The molecule has 1 unspecified atom stereocenters. The summed E-state index contributed by atoms with van der Waals surface area (Å²) < 4.78 is 39.9. The number of carbonyl (C=O) groups is 1. The lowest BCUT2D eigenvalue weighted by Gasteiger charge is -2.20. The molecule has 120 valence electrons. The van der Waals surface area contributed by atoms with E-state index in [9.17, 15) is 18.0 Å². The van der Waals surface area contributed by atoms with Crippen LogP contribution in [0.2, 0.25) is 0 Å². The van der Waals surface area contributed by atoms with Gasteiger partial charge >= 0.3 is 12.1 Å². The van der Waals surface area contributed by atoms with Gasteiger partial charge in [-0.3, -0.25) is 0 Å². The van der Waals surface area contributed by atoms with Gasteiger partial charge in [-0.25, -0.2) is 4.79 Å². The maximum absolute atomic E-state index is 13.3. The Labute approximate surface area is 131 Å². The average molecular weight is 320 g/mol. The van der Waals surface area contributed by atoms with Gasteiger partial charge in [0, 0.05) is 11.5 Å². The van der Waals surface area contributed by atoms with Gasteiger partial charge in [-0.05, 0) is 24.1 Å². The predicted molar refractivity (Wildman–Crippen MR) is 81.1 cm³/mol. The minimum atomic E-state index is -4.51. The summed E-state index contributed by atoms with van der Waals surface area (Å²) in [5, 5.41) is 9.06. The van der Waals surface area contributed by atoms with Crippen molar-refractivity contribution in [3.8, 4) is 0 Å². The molecule has 0 spiro atoms. The van der Waals surface area contributed by atoms with Crippen LogP contribution in [0.15, 0.2) is 66.2 Å². The van der Waals surface area contributed by atoms with Crippen LogP contribution in [-0.4, -0.2) is 11.1 Å². The molecule has 2 aromatic carbocycles. The second-order valence-electron chi connectivity index (χ2n) is 5.13. The van der Waals surface area contributed by atoms with E-state index in [0.717, 1.165) is 6.07 Å². The number of benzene rings is 2. The Bertz CT molecular complexity index is 719. The minimum Gasteiger partial charge on any atom is -0.478 e. The second kappa shape index (κ2) is 6.69. The van der Waals surface area contributed by atoms with Crippen molar-refractivity contribution in [3.05, 3.63) is 82.9 Å². The summed E-state index contributed by atoms with van der Waals surface area (Å²) in [6.07, 6.45) is -3.16. The first kappa shape index (κ1) is 16.8. The SMILES string of the molecule is CC(=CC(c1ccccc1)c1ccccc1C(F)(F)F)C(=O)O. The van der Waals surface area contributed by atoms with E-state index < -0.39 is 23.6 Å². The predicted octanol–water partition coefficient (Wildman–Crippen LogP) is 4.87. The second-order valence-corrected chi connectivity index (χ2v) is 5.13. The van der Waals surface area contributed by atoms with Gasteiger partial charge in [0.1, 0.15) is 0 Å². The third-order valence-electron chi connectivity index (χ3n) is 3.51. The Balaban J connectivity index is 2.65. The zero-order chi connectivity index (χ0) is 17.0.